The summed E-state index contributed by atoms with van der Waals surface area (Å²) in [6.07, 6.45) is 1.94. The smallest absolute Gasteiger partial charge is 0.326 e. The first-order chi connectivity index (χ1) is 16.0. The van der Waals surface area contributed by atoms with Crippen LogP contribution in [0.3, 0.4) is 0 Å². The van der Waals surface area contributed by atoms with E-state index in [1.807, 2.05) is 6.92 Å². The minimum absolute atomic E-state index is 0.0279. The largest absolute Gasteiger partial charge is 0.494 e. The number of para-hydroxylation sites is 2. The molecule has 2 aliphatic heterocycles. The van der Waals surface area contributed by atoms with Crippen molar-refractivity contribution in [2.45, 2.75) is 25.9 Å². The van der Waals surface area contributed by atoms with Gasteiger partial charge in [0.25, 0.3) is 0 Å². The van der Waals surface area contributed by atoms with Crippen LogP contribution in [0.4, 0.5) is 21.9 Å². The van der Waals surface area contributed by atoms with Crippen molar-refractivity contribution >= 4 is 34.9 Å². The lowest BCUT2D eigenvalue weighted by atomic mass is 10.1. The number of nitrogens with zero attached hydrogens (tertiary/aromatic N) is 2. The molecular weight excluding hydrogens is 424 g/mol. The van der Waals surface area contributed by atoms with Gasteiger partial charge in [-0.15, -0.1) is 0 Å². The van der Waals surface area contributed by atoms with Gasteiger partial charge < -0.3 is 20.1 Å². The van der Waals surface area contributed by atoms with Crippen LogP contribution in [-0.4, -0.2) is 56.8 Å². The highest BCUT2D eigenvalue weighted by Gasteiger charge is 2.33. The first-order valence-corrected chi connectivity index (χ1v) is 11.1. The van der Waals surface area contributed by atoms with Gasteiger partial charge in [0, 0.05) is 18.8 Å². The van der Waals surface area contributed by atoms with Crippen molar-refractivity contribution in [3.05, 3.63) is 48.5 Å². The maximum absolute atomic E-state index is 13.0. The zero-order valence-corrected chi connectivity index (χ0v) is 18.6. The topological polar surface area (TPSA) is 100 Å². The van der Waals surface area contributed by atoms with Gasteiger partial charge in [-0.1, -0.05) is 12.1 Å². The molecule has 1 atom stereocenters. The highest BCUT2D eigenvalue weighted by Crippen LogP contribution is 2.33. The Bertz CT molecular complexity index is 1000. The average Bonchev–Trinajstić information content (AvgIpc) is 3.34. The van der Waals surface area contributed by atoms with E-state index in [4.69, 9.17) is 9.47 Å². The molecule has 2 N–H and O–H groups in total. The fraction of sp³-hybridized carbons (Fsp3) is 0.375. The lowest BCUT2D eigenvalue weighted by molar-refractivity contribution is -0.123. The summed E-state index contributed by atoms with van der Waals surface area (Å²) < 4.78 is 10.9. The molecule has 9 heteroatoms. The molecule has 2 aliphatic rings. The number of carbonyl (C=O) groups excluding carboxylic acids is 3. The Morgan fingerprint density at radius 3 is 2.58 bits per heavy atom. The number of hydrogen-bond acceptors (Lipinski definition) is 5. The molecule has 4 rings (SSSR count). The van der Waals surface area contributed by atoms with Gasteiger partial charge in [-0.2, -0.15) is 0 Å². The van der Waals surface area contributed by atoms with Crippen LogP contribution in [0.2, 0.25) is 0 Å². The molecule has 4 amide bonds. The number of urea groups is 1. The zero-order valence-electron chi connectivity index (χ0n) is 18.6. The second kappa shape index (κ2) is 10.4. The van der Waals surface area contributed by atoms with Gasteiger partial charge in [0.2, 0.25) is 11.8 Å². The first-order valence-electron chi connectivity index (χ1n) is 11.1. The molecule has 174 valence electrons. The molecule has 33 heavy (non-hydrogen) atoms. The number of amides is 4. The van der Waals surface area contributed by atoms with Crippen molar-refractivity contribution in [3.8, 4) is 5.75 Å². The maximum Gasteiger partial charge on any atom is 0.326 e. The van der Waals surface area contributed by atoms with E-state index >= 15 is 0 Å². The van der Waals surface area contributed by atoms with Crippen LogP contribution in [0.15, 0.2) is 48.5 Å². The van der Waals surface area contributed by atoms with Crippen molar-refractivity contribution in [2.75, 3.05) is 48.0 Å². The Balaban J connectivity index is 1.44. The Hall–Kier alpha value is -3.59. The van der Waals surface area contributed by atoms with Gasteiger partial charge in [0.05, 0.1) is 24.1 Å². The van der Waals surface area contributed by atoms with Crippen LogP contribution in [0.5, 0.6) is 5.75 Å². The normalized spacial score (nSPS) is 17.5. The molecule has 9 nitrogen and oxygen atoms in total. The monoisotopic (exact) mass is 452 g/mol. The Kier molecular flexibility index (Phi) is 7.09. The zero-order chi connectivity index (χ0) is 23.2. The Morgan fingerprint density at radius 2 is 1.88 bits per heavy atom. The number of benzene rings is 2. The van der Waals surface area contributed by atoms with Crippen molar-refractivity contribution in [1.29, 1.82) is 0 Å². The molecule has 0 spiro atoms. The summed E-state index contributed by atoms with van der Waals surface area (Å²) in [5.74, 6) is 0.117. The van der Waals surface area contributed by atoms with Gasteiger partial charge in [-0.3, -0.25) is 19.4 Å². The molecule has 2 heterocycles. The van der Waals surface area contributed by atoms with Crippen molar-refractivity contribution in [2.24, 2.45) is 0 Å². The fourth-order valence-electron chi connectivity index (χ4n) is 3.94. The van der Waals surface area contributed by atoms with E-state index in [0.29, 0.717) is 42.6 Å². The average molecular weight is 453 g/mol. The standard InChI is InChI=1S/C24H28N4O5/c1-2-32-18-11-9-17(10-12-18)26-24(31)28-16-23(30)27(20-7-3-4-8-21(20)28)15-22(29)25-14-19-6-5-13-33-19/h3-4,7-12,19H,2,5-6,13-16H2,1H3,(H,25,29)(H,26,31)/t19-/m0/s1. The summed E-state index contributed by atoms with van der Waals surface area (Å²) in [6, 6.07) is 13.7. The van der Waals surface area contributed by atoms with E-state index in [2.05, 4.69) is 10.6 Å². The number of carbonyl (C=O) groups is 3. The summed E-state index contributed by atoms with van der Waals surface area (Å²) in [5, 5.41) is 5.66. The minimum Gasteiger partial charge on any atom is -0.494 e. The molecule has 0 aliphatic carbocycles. The fourth-order valence-corrected chi connectivity index (χ4v) is 3.94. The van der Waals surface area contributed by atoms with Gasteiger partial charge in [-0.25, -0.2) is 4.79 Å². The number of nitrogens with one attached hydrogen (secondary N) is 2. The molecule has 2 aromatic rings. The molecule has 2 aromatic carbocycles. The van der Waals surface area contributed by atoms with Crippen LogP contribution in [0.25, 0.3) is 0 Å². The molecule has 1 fully saturated rings. The van der Waals surface area contributed by atoms with E-state index in [1.54, 1.807) is 48.5 Å². The molecule has 0 unspecified atom stereocenters. The number of fused-ring (bicyclic) bond motifs is 1. The maximum atomic E-state index is 13.0. The van der Waals surface area contributed by atoms with E-state index in [-0.39, 0.29) is 31.0 Å². The first kappa shape index (κ1) is 22.6. The van der Waals surface area contributed by atoms with Gasteiger partial charge in [0.1, 0.15) is 18.8 Å². The van der Waals surface area contributed by atoms with Gasteiger partial charge >= 0.3 is 6.03 Å². The summed E-state index contributed by atoms with van der Waals surface area (Å²) >= 11 is 0. The SMILES string of the molecule is CCOc1ccc(NC(=O)N2CC(=O)N(CC(=O)NC[C@@H]3CCCO3)c3ccccc32)cc1. The molecule has 0 aromatic heterocycles. The lowest BCUT2D eigenvalue weighted by Crippen LogP contribution is -2.52. The highest BCUT2D eigenvalue weighted by molar-refractivity contribution is 6.15. The third kappa shape index (κ3) is 5.43. The van der Waals surface area contributed by atoms with Crippen molar-refractivity contribution in [1.82, 2.24) is 5.32 Å². The second-order valence-electron chi connectivity index (χ2n) is 7.88. The number of ether oxygens (including phenoxy) is 2. The molecule has 1 saturated heterocycles. The molecule has 0 saturated carbocycles. The van der Waals surface area contributed by atoms with E-state index in [9.17, 15) is 14.4 Å². The van der Waals surface area contributed by atoms with Crippen LogP contribution in [-0.2, 0) is 14.3 Å². The van der Waals surface area contributed by atoms with Crippen LogP contribution < -0.4 is 25.2 Å². The van der Waals surface area contributed by atoms with Crippen molar-refractivity contribution in [3.63, 3.8) is 0 Å². The predicted octanol–water partition coefficient (Wildman–Crippen LogP) is 2.77. The summed E-state index contributed by atoms with van der Waals surface area (Å²) in [7, 11) is 0. The summed E-state index contributed by atoms with van der Waals surface area (Å²) in [4.78, 5) is 41.2. The minimum atomic E-state index is -0.428. The van der Waals surface area contributed by atoms with Crippen LogP contribution >= 0.6 is 0 Å². The second-order valence-corrected chi connectivity index (χ2v) is 7.88. The third-order valence-corrected chi connectivity index (χ3v) is 5.57. The quantitative estimate of drug-likeness (QED) is 0.673. The van der Waals surface area contributed by atoms with E-state index in [1.165, 1.54) is 9.80 Å². The van der Waals surface area contributed by atoms with Crippen molar-refractivity contribution < 1.29 is 23.9 Å². The lowest BCUT2D eigenvalue weighted by Gasteiger charge is -2.35. The van der Waals surface area contributed by atoms with Crippen LogP contribution in [0, 0.1) is 0 Å². The molecular formula is C24H28N4O5. The van der Waals surface area contributed by atoms with Gasteiger partial charge in [0.15, 0.2) is 0 Å². The highest BCUT2D eigenvalue weighted by atomic mass is 16.5. The number of rotatable bonds is 7. The number of hydrogen-bond donors (Lipinski definition) is 2. The predicted molar refractivity (Wildman–Crippen MR) is 125 cm³/mol. The Labute approximate surface area is 192 Å². The van der Waals surface area contributed by atoms with E-state index in [0.717, 1.165) is 12.8 Å². The molecule has 0 radical (unpaired) electrons. The third-order valence-electron chi connectivity index (χ3n) is 5.57. The molecule has 0 bridgehead atoms. The summed E-state index contributed by atoms with van der Waals surface area (Å²) in [6.45, 7) is 3.32. The van der Waals surface area contributed by atoms with Crippen LogP contribution in [0.1, 0.15) is 19.8 Å². The Morgan fingerprint density at radius 1 is 1.12 bits per heavy atom. The van der Waals surface area contributed by atoms with Gasteiger partial charge in [-0.05, 0) is 56.2 Å². The van der Waals surface area contributed by atoms with E-state index < -0.39 is 6.03 Å². The number of anilines is 3. The summed E-state index contributed by atoms with van der Waals surface area (Å²) in [5.41, 5.74) is 1.67.